The molecule has 0 amide bonds. The first-order chi connectivity index (χ1) is 8.27. The third kappa shape index (κ3) is 15.8. The molecule has 0 aliphatic heterocycles. The predicted octanol–water partition coefficient (Wildman–Crippen LogP) is -2.32. The zero-order chi connectivity index (χ0) is 12.8. The van der Waals surface area contributed by atoms with Gasteiger partial charge in [-0.3, -0.25) is 0 Å². The normalized spacial score (nSPS) is 12.9. The molecule has 0 radical (unpaired) electrons. The fraction of sp³-hybridized carbons (Fsp3) is 1.00. The van der Waals surface area contributed by atoms with E-state index in [1.165, 1.54) is 0 Å². The number of nitrogens with one attached hydrogen (secondary N) is 4. The lowest BCUT2D eigenvalue weighted by molar-refractivity contribution is 0.191. The van der Waals surface area contributed by atoms with Gasteiger partial charge in [-0.2, -0.15) is 0 Å². The van der Waals surface area contributed by atoms with Crippen LogP contribution >= 0.6 is 0 Å². The van der Waals surface area contributed by atoms with Gasteiger partial charge >= 0.3 is 0 Å². The molecule has 6 heteroatoms. The van der Waals surface area contributed by atoms with E-state index in [1.54, 1.807) is 6.92 Å². The minimum Gasteiger partial charge on any atom is -0.392 e. The van der Waals surface area contributed by atoms with Crippen LogP contribution in [0.3, 0.4) is 0 Å². The standard InChI is InChI=1S/C11H29N5O/c1-11(17)10-16-9-8-15-7-6-14-5-4-13-3-2-12/h11,13-17H,2-10,12H2,1H3. The van der Waals surface area contributed by atoms with Crippen LogP contribution in [0, 0.1) is 0 Å². The molecule has 17 heavy (non-hydrogen) atoms. The molecule has 0 rings (SSSR count). The molecule has 0 heterocycles. The summed E-state index contributed by atoms with van der Waals surface area (Å²) in [5.41, 5.74) is 5.35. The summed E-state index contributed by atoms with van der Waals surface area (Å²) in [7, 11) is 0. The van der Waals surface area contributed by atoms with Crippen molar-refractivity contribution in [3.05, 3.63) is 0 Å². The third-order valence-electron chi connectivity index (χ3n) is 2.20. The van der Waals surface area contributed by atoms with Crippen molar-refractivity contribution in [3.63, 3.8) is 0 Å². The Labute approximate surface area is 105 Å². The molecule has 0 aliphatic rings. The van der Waals surface area contributed by atoms with E-state index in [0.717, 1.165) is 45.8 Å². The van der Waals surface area contributed by atoms with E-state index in [4.69, 9.17) is 10.8 Å². The van der Waals surface area contributed by atoms with Gasteiger partial charge in [-0.1, -0.05) is 0 Å². The van der Waals surface area contributed by atoms with Gasteiger partial charge in [0.2, 0.25) is 0 Å². The van der Waals surface area contributed by atoms with Crippen LogP contribution in [0.5, 0.6) is 0 Å². The van der Waals surface area contributed by atoms with Gasteiger partial charge in [0.1, 0.15) is 0 Å². The highest BCUT2D eigenvalue weighted by molar-refractivity contribution is 4.57. The molecule has 0 spiro atoms. The summed E-state index contributed by atoms with van der Waals surface area (Å²) in [6.07, 6.45) is -0.266. The lowest BCUT2D eigenvalue weighted by atomic mass is 10.4. The van der Waals surface area contributed by atoms with Crippen LogP contribution < -0.4 is 27.0 Å². The Morgan fingerprint density at radius 2 is 1.24 bits per heavy atom. The van der Waals surface area contributed by atoms with Crippen LogP contribution in [0.2, 0.25) is 0 Å². The maximum atomic E-state index is 9.01. The number of hydrogen-bond donors (Lipinski definition) is 6. The van der Waals surface area contributed by atoms with Crippen LogP contribution in [-0.2, 0) is 0 Å². The summed E-state index contributed by atoms with van der Waals surface area (Å²) >= 11 is 0. The molecule has 6 nitrogen and oxygen atoms in total. The summed E-state index contributed by atoms with van der Waals surface area (Å²) < 4.78 is 0. The molecular weight excluding hydrogens is 218 g/mol. The second-order valence-corrected chi connectivity index (χ2v) is 4.09. The summed E-state index contributed by atoms with van der Waals surface area (Å²) in [4.78, 5) is 0. The van der Waals surface area contributed by atoms with Gasteiger partial charge < -0.3 is 32.1 Å². The molecule has 0 saturated carbocycles. The molecule has 104 valence electrons. The van der Waals surface area contributed by atoms with E-state index in [1.807, 2.05) is 0 Å². The summed E-state index contributed by atoms with van der Waals surface area (Å²) in [5.74, 6) is 0. The quantitative estimate of drug-likeness (QED) is 0.205. The summed E-state index contributed by atoms with van der Waals surface area (Å²) in [6, 6.07) is 0. The van der Waals surface area contributed by atoms with Crippen molar-refractivity contribution in [2.75, 3.05) is 58.9 Å². The SMILES string of the molecule is CC(O)CNCCNCCNCCNCCN. The van der Waals surface area contributed by atoms with Crippen LogP contribution in [0.4, 0.5) is 0 Å². The van der Waals surface area contributed by atoms with E-state index >= 15 is 0 Å². The maximum Gasteiger partial charge on any atom is 0.0636 e. The maximum absolute atomic E-state index is 9.01. The zero-order valence-corrected chi connectivity index (χ0v) is 11.0. The van der Waals surface area contributed by atoms with Crippen molar-refractivity contribution in [2.24, 2.45) is 5.73 Å². The Hall–Kier alpha value is -0.240. The van der Waals surface area contributed by atoms with Crippen molar-refractivity contribution < 1.29 is 5.11 Å². The fourth-order valence-electron chi connectivity index (χ4n) is 1.32. The summed E-state index contributed by atoms with van der Waals surface area (Å²) in [6.45, 7) is 9.72. The van der Waals surface area contributed by atoms with Gasteiger partial charge in [-0.25, -0.2) is 0 Å². The fourth-order valence-corrected chi connectivity index (χ4v) is 1.32. The largest absolute Gasteiger partial charge is 0.392 e. The van der Waals surface area contributed by atoms with Gasteiger partial charge in [0.25, 0.3) is 0 Å². The van der Waals surface area contributed by atoms with E-state index < -0.39 is 0 Å². The van der Waals surface area contributed by atoms with Crippen LogP contribution in [0.15, 0.2) is 0 Å². The average molecular weight is 247 g/mol. The minimum atomic E-state index is -0.266. The third-order valence-corrected chi connectivity index (χ3v) is 2.20. The second-order valence-electron chi connectivity index (χ2n) is 4.09. The van der Waals surface area contributed by atoms with Gasteiger partial charge in [0, 0.05) is 58.9 Å². The highest BCUT2D eigenvalue weighted by Crippen LogP contribution is 1.72. The first kappa shape index (κ1) is 16.8. The van der Waals surface area contributed by atoms with Crippen molar-refractivity contribution >= 4 is 0 Å². The van der Waals surface area contributed by atoms with Crippen molar-refractivity contribution in [3.8, 4) is 0 Å². The lowest BCUT2D eigenvalue weighted by Crippen LogP contribution is -2.36. The Kier molecular flexibility index (Phi) is 13.6. The monoisotopic (exact) mass is 247 g/mol. The molecule has 0 fully saturated rings. The second kappa shape index (κ2) is 13.8. The number of hydrogen-bond acceptors (Lipinski definition) is 6. The van der Waals surface area contributed by atoms with Gasteiger partial charge in [-0.15, -0.1) is 0 Å². The molecule has 0 aromatic rings. The molecule has 0 aromatic carbocycles. The Bertz CT molecular complexity index is 146. The van der Waals surface area contributed by atoms with E-state index in [-0.39, 0.29) is 6.10 Å². The lowest BCUT2D eigenvalue weighted by Gasteiger charge is -2.09. The van der Waals surface area contributed by atoms with Gasteiger partial charge in [-0.05, 0) is 6.92 Å². The molecule has 0 saturated heterocycles. The smallest absolute Gasteiger partial charge is 0.0636 e. The number of aliphatic hydroxyl groups excluding tert-OH is 1. The van der Waals surface area contributed by atoms with Crippen molar-refractivity contribution in [1.82, 2.24) is 21.3 Å². The first-order valence-electron chi connectivity index (χ1n) is 6.48. The first-order valence-corrected chi connectivity index (χ1v) is 6.48. The molecule has 1 atom stereocenters. The van der Waals surface area contributed by atoms with Crippen LogP contribution in [0.25, 0.3) is 0 Å². The molecule has 0 aliphatic carbocycles. The Morgan fingerprint density at radius 1 is 0.824 bits per heavy atom. The molecular formula is C11H29N5O. The molecule has 0 aromatic heterocycles. The Morgan fingerprint density at radius 3 is 1.65 bits per heavy atom. The zero-order valence-electron chi connectivity index (χ0n) is 11.0. The summed E-state index contributed by atoms with van der Waals surface area (Å²) in [5, 5.41) is 22.0. The van der Waals surface area contributed by atoms with Crippen LogP contribution in [-0.4, -0.2) is 70.1 Å². The molecule has 7 N–H and O–H groups in total. The molecule has 1 unspecified atom stereocenters. The molecule has 0 bridgehead atoms. The van der Waals surface area contributed by atoms with Gasteiger partial charge in [0.15, 0.2) is 0 Å². The average Bonchev–Trinajstić information content (AvgIpc) is 2.30. The number of aliphatic hydroxyl groups is 1. The Balaban J connectivity index is 2.89. The topological polar surface area (TPSA) is 94.4 Å². The van der Waals surface area contributed by atoms with Crippen LogP contribution in [0.1, 0.15) is 6.92 Å². The van der Waals surface area contributed by atoms with E-state index in [0.29, 0.717) is 13.1 Å². The highest BCUT2D eigenvalue weighted by Gasteiger charge is 1.93. The van der Waals surface area contributed by atoms with Crippen molar-refractivity contribution in [1.29, 1.82) is 0 Å². The van der Waals surface area contributed by atoms with E-state index in [9.17, 15) is 0 Å². The van der Waals surface area contributed by atoms with E-state index in [2.05, 4.69) is 21.3 Å². The van der Waals surface area contributed by atoms with Gasteiger partial charge in [0.05, 0.1) is 6.10 Å². The number of rotatable bonds is 13. The minimum absolute atomic E-state index is 0.266. The number of nitrogens with two attached hydrogens (primary N) is 1. The van der Waals surface area contributed by atoms with Crippen molar-refractivity contribution in [2.45, 2.75) is 13.0 Å². The predicted molar refractivity (Wildman–Crippen MR) is 72.2 cm³/mol. The highest BCUT2D eigenvalue weighted by atomic mass is 16.3.